The van der Waals surface area contributed by atoms with Gasteiger partial charge in [0.25, 0.3) is 0 Å². The Kier molecular flexibility index (Phi) is 4.61. The number of rotatable bonds is 4. The topological polar surface area (TPSA) is 49.9 Å². The van der Waals surface area contributed by atoms with E-state index in [4.69, 9.17) is 4.74 Å². The number of nitrogens with zero attached hydrogens (tertiary/aromatic N) is 2. The number of carbonyl (C=O) groups is 2. The van der Waals surface area contributed by atoms with E-state index in [1.165, 1.54) is 11.1 Å². The molecule has 0 aromatic heterocycles. The first-order valence-corrected chi connectivity index (χ1v) is 9.09. The SMILES string of the molecule is O=C(CCc1ccccc1)N1CCc2c(cccc2N2CCOC2=O)C1. The summed E-state index contributed by atoms with van der Waals surface area (Å²) in [7, 11) is 0. The van der Waals surface area contributed by atoms with Crippen LogP contribution in [0.1, 0.15) is 23.1 Å². The van der Waals surface area contributed by atoms with Crippen LogP contribution in [0.25, 0.3) is 0 Å². The van der Waals surface area contributed by atoms with Gasteiger partial charge in [0.2, 0.25) is 5.91 Å². The summed E-state index contributed by atoms with van der Waals surface area (Å²) in [6, 6.07) is 16.1. The molecule has 0 saturated carbocycles. The largest absolute Gasteiger partial charge is 0.447 e. The van der Waals surface area contributed by atoms with Crippen LogP contribution in [0.15, 0.2) is 48.5 Å². The van der Waals surface area contributed by atoms with Crippen LogP contribution in [0.2, 0.25) is 0 Å². The molecule has 2 aliphatic heterocycles. The maximum Gasteiger partial charge on any atom is 0.414 e. The summed E-state index contributed by atoms with van der Waals surface area (Å²) in [5, 5.41) is 0. The fourth-order valence-electron chi connectivity index (χ4n) is 3.72. The van der Waals surface area contributed by atoms with Crippen LogP contribution in [-0.2, 0) is 28.9 Å². The van der Waals surface area contributed by atoms with E-state index in [-0.39, 0.29) is 12.0 Å². The van der Waals surface area contributed by atoms with E-state index >= 15 is 0 Å². The molecule has 0 atom stereocenters. The van der Waals surface area contributed by atoms with Crippen molar-refractivity contribution in [3.63, 3.8) is 0 Å². The van der Waals surface area contributed by atoms with Gasteiger partial charge in [-0.1, -0.05) is 42.5 Å². The van der Waals surface area contributed by atoms with Gasteiger partial charge < -0.3 is 9.64 Å². The van der Waals surface area contributed by atoms with Crippen molar-refractivity contribution in [3.05, 3.63) is 65.2 Å². The maximum absolute atomic E-state index is 12.6. The van der Waals surface area contributed by atoms with Crippen molar-refractivity contribution >= 4 is 17.7 Å². The Labute approximate surface area is 153 Å². The normalized spacial score (nSPS) is 16.4. The van der Waals surface area contributed by atoms with Gasteiger partial charge in [0.05, 0.1) is 12.2 Å². The molecule has 0 N–H and O–H groups in total. The number of cyclic esters (lactones) is 1. The van der Waals surface area contributed by atoms with Crippen molar-refractivity contribution in [2.75, 3.05) is 24.6 Å². The fraction of sp³-hybridized carbons (Fsp3) is 0.333. The molecule has 0 radical (unpaired) electrons. The molecular formula is C21H22N2O3. The van der Waals surface area contributed by atoms with E-state index in [1.807, 2.05) is 35.2 Å². The van der Waals surface area contributed by atoms with Crippen LogP contribution in [0.3, 0.4) is 0 Å². The highest BCUT2D eigenvalue weighted by Crippen LogP contribution is 2.30. The van der Waals surface area contributed by atoms with E-state index in [0.29, 0.717) is 32.7 Å². The highest BCUT2D eigenvalue weighted by Gasteiger charge is 2.29. The lowest BCUT2D eigenvalue weighted by molar-refractivity contribution is -0.132. The molecule has 4 rings (SSSR count). The molecule has 0 unspecified atom stereocenters. The second-order valence-electron chi connectivity index (χ2n) is 6.73. The summed E-state index contributed by atoms with van der Waals surface area (Å²) >= 11 is 0. The number of anilines is 1. The van der Waals surface area contributed by atoms with Gasteiger partial charge in [0, 0.05) is 19.5 Å². The summed E-state index contributed by atoms with van der Waals surface area (Å²) in [4.78, 5) is 28.1. The molecule has 2 aromatic carbocycles. The summed E-state index contributed by atoms with van der Waals surface area (Å²) in [5.41, 5.74) is 4.41. The third kappa shape index (κ3) is 3.29. The summed E-state index contributed by atoms with van der Waals surface area (Å²) in [6.07, 6.45) is 1.78. The predicted octanol–water partition coefficient (Wildman–Crippen LogP) is 3.16. The second kappa shape index (κ2) is 7.20. The Morgan fingerprint density at radius 3 is 2.65 bits per heavy atom. The minimum atomic E-state index is -0.278. The zero-order chi connectivity index (χ0) is 17.9. The van der Waals surface area contributed by atoms with E-state index in [2.05, 4.69) is 18.2 Å². The molecular weight excluding hydrogens is 328 g/mol. The van der Waals surface area contributed by atoms with Crippen molar-refractivity contribution < 1.29 is 14.3 Å². The number of amides is 2. The highest BCUT2D eigenvalue weighted by molar-refractivity contribution is 5.90. The first-order valence-electron chi connectivity index (χ1n) is 9.09. The van der Waals surface area contributed by atoms with Gasteiger partial charge in [-0.15, -0.1) is 0 Å². The molecule has 5 nitrogen and oxygen atoms in total. The first-order chi connectivity index (χ1) is 12.7. The van der Waals surface area contributed by atoms with Gasteiger partial charge in [-0.2, -0.15) is 0 Å². The maximum atomic E-state index is 12.6. The Hall–Kier alpha value is -2.82. The number of benzene rings is 2. The van der Waals surface area contributed by atoms with Gasteiger partial charge >= 0.3 is 6.09 Å². The molecule has 5 heteroatoms. The van der Waals surface area contributed by atoms with Crippen LogP contribution in [-0.4, -0.2) is 36.6 Å². The van der Waals surface area contributed by atoms with Crippen LogP contribution >= 0.6 is 0 Å². The van der Waals surface area contributed by atoms with Gasteiger partial charge in [-0.25, -0.2) is 4.79 Å². The van der Waals surface area contributed by atoms with Crippen LogP contribution < -0.4 is 4.90 Å². The van der Waals surface area contributed by atoms with Crippen molar-refractivity contribution in [1.82, 2.24) is 4.90 Å². The Balaban J connectivity index is 1.44. The summed E-state index contributed by atoms with van der Waals surface area (Å²) in [5.74, 6) is 0.186. The number of carbonyl (C=O) groups excluding carboxylic acids is 2. The van der Waals surface area contributed by atoms with E-state index in [0.717, 1.165) is 24.1 Å². The van der Waals surface area contributed by atoms with Crippen LogP contribution in [0.4, 0.5) is 10.5 Å². The number of ether oxygens (including phenoxy) is 1. The van der Waals surface area contributed by atoms with Crippen molar-refractivity contribution in [3.8, 4) is 0 Å². The summed E-state index contributed by atoms with van der Waals surface area (Å²) < 4.78 is 5.07. The smallest absolute Gasteiger partial charge is 0.414 e. The van der Waals surface area contributed by atoms with Crippen LogP contribution in [0, 0.1) is 0 Å². The van der Waals surface area contributed by atoms with E-state index < -0.39 is 0 Å². The van der Waals surface area contributed by atoms with Crippen molar-refractivity contribution in [2.24, 2.45) is 0 Å². The quantitative estimate of drug-likeness (QED) is 0.851. The van der Waals surface area contributed by atoms with Gasteiger partial charge in [0.1, 0.15) is 6.61 Å². The van der Waals surface area contributed by atoms with E-state index in [1.54, 1.807) is 4.90 Å². The Bertz CT molecular complexity index is 819. The number of hydrogen-bond acceptors (Lipinski definition) is 3. The third-order valence-electron chi connectivity index (χ3n) is 5.12. The zero-order valence-corrected chi connectivity index (χ0v) is 14.7. The Morgan fingerprint density at radius 1 is 1.04 bits per heavy atom. The standard InChI is InChI=1S/C21H22N2O3/c24-20(10-9-16-5-2-1-3-6-16)22-12-11-18-17(15-22)7-4-8-19(18)23-13-14-26-21(23)25/h1-8H,9-15H2. The summed E-state index contributed by atoms with van der Waals surface area (Å²) in [6.45, 7) is 2.34. The lowest BCUT2D eigenvalue weighted by Crippen LogP contribution is -2.37. The molecule has 2 heterocycles. The lowest BCUT2D eigenvalue weighted by atomic mass is 9.96. The zero-order valence-electron chi connectivity index (χ0n) is 14.7. The molecule has 2 aliphatic rings. The van der Waals surface area contributed by atoms with Gasteiger partial charge in [0.15, 0.2) is 0 Å². The van der Waals surface area contributed by atoms with Crippen LogP contribution in [0.5, 0.6) is 0 Å². The molecule has 1 saturated heterocycles. The molecule has 1 fully saturated rings. The minimum absolute atomic E-state index is 0.186. The minimum Gasteiger partial charge on any atom is -0.447 e. The molecule has 0 aliphatic carbocycles. The first kappa shape index (κ1) is 16.6. The monoisotopic (exact) mass is 350 g/mol. The average molecular weight is 350 g/mol. The molecule has 134 valence electrons. The van der Waals surface area contributed by atoms with Crippen molar-refractivity contribution in [2.45, 2.75) is 25.8 Å². The molecule has 2 amide bonds. The number of aryl methyl sites for hydroxylation is 1. The number of hydrogen-bond donors (Lipinski definition) is 0. The molecule has 26 heavy (non-hydrogen) atoms. The molecule has 2 aromatic rings. The predicted molar refractivity (Wildman–Crippen MR) is 99.0 cm³/mol. The molecule has 0 spiro atoms. The third-order valence-corrected chi connectivity index (χ3v) is 5.12. The van der Waals surface area contributed by atoms with Crippen molar-refractivity contribution in [1.29, 1.82) is 0 Å². The van der Waals surface area contributed by atoms with Gasteiger partial charge in [-0.05, 0) is 35.6 Å². The van der Waals surface area contributed by atoms with Gasteiger partial charge in [-0.3, -0.25) is 9.69 Å². The number of fused-ring (bicyclic) bond motifs is 1. The lowest BCUT2D eigenvalue weighted by Gasteiger charge is -2.31. The second-order valence-corrected chi connectivity index (χ2v) is 6.73. The average Bonchev–Trinajstić information content (AvgIpc) is 3.11. The fourth-order valence-corrected chi connectivity index (χ4v) is 3.72. The highest BCUT2D eigenvalue weighted by atomic mass is 16.6. The molecule has 0 bridgehead atoms. The Morgan fingerprint density at radius 2 is 1.88 bits per heavy atom. The van der Waals surface area contributed by atoms with E-state index in [9.17, 15) is 9.59 Å².